The molecule has 4 N–H and O–H groups in total. The van der Waals surface area contributed by atoms with Crippen molar-refractivity contribution < 1.29 is 19.2 Å². The van der Waals surface area contributed by atoms with Crippen molar-refractivity contribution in [2.75, 3.05) is 6.54 Å². The minimum atomic E-state index is -1.93. The third-order valence-corrected chi connectivity index (χ3v) is 9.37. The van der Waals surface area contributed by atoms with E-state index in [0.29, 0.717) is 21.8 Å². The number of ketones is 4. The van der Waals surface area contributed by atoms with Crippen LogP contribution in [0.4, 0.5) is 0 Å². The standard InChI is InChI=1S/C22H24N2O4Se2/c1-14(25)11-29-18-9-5-3-7-16(18)20(27)22(24,13-23)21(28)17-8-4-6-10-19(17)30-12-15(2)26/h3-10H,11-13,23-24H2,1-2H3. The molecule has 0 aliphatic rings. The maximum atomic E-state index is 13.4. The van der Waals surface area contributed by atoms with Crippen LogP contribution in [0.5, 0.6) is 0 Å². The molecule has 0 aliphatic heterocycles. The van der Waals surface area contributed by atoms with Gasteiger partial charge in [0.2, 0.25) is 0 Å². The Balaban J connectivity index is 2.43. The average molecular weight is 538 g/mol. The normalized spacial score (nSPS) is 11.2. The number of hydrogen-bond acceptors (Lipinski definition) is 6. The van der Waals surface area contributed by atoms with E-state index >= 15 is 0 Å². The first-order valence-corrected chi connectivity index (χ1v) is 13.4. The van der Waals surface area contributed by atoms with E-state index in [9.17, 15) is 19.2 Å². The van der Waals surface area contributed by atoms with Crippen molar-refractivity contribution in [3.63, 3.8) is 0 Å². The molecule has 30 heavy (non-hydrogen) atoms. The van der Waals surface area contributed by atoms with Gasteiger partial charge in [-0.2, -0.15) is 0 Å². The van der Waals surface area contributed by atoms with Crippen LogP contribution in [-0.2, 0) is 9.59 Å². The second-order valence-electron chi connectivity index (χ2n) is 6.81. The van der Waals surface area contributed by atoms with Gasteiger partial charge in [0.25, 0.3) is 0 Å². The molecule has 0 amide bonds. The summed E-state index contributed by atoms with van der Waals surface area (Å²) in [6.07, 6.45) is 0. The minimum absolute atomic E-state index is 0.0350. The Kier molecular flexibility index (Phi) is 8.86. The van der Waals surface area contributed by atoms with Crippen LogP contribution in [0.15, 0.2) is 48.5 Å². The zero-order chi connectivity index (χ0) is 22.3. The molecule has 6 nitrogen and oxygen atoms in total. The van der Waals surface area contributed by atoms with Gasteiger partial charge in [-0.25, -0.2) is 0 Å². The fourth-order valence-corrected chi connectivity index (χ4v) is 6.25. The molecule has 0 aliphatic carbocycles. The Labute approximate surface area is 188 Å². The summed E-state index contributed by atoms with van der Waals surface area (Å²) in [5, 5.41) is 0.698. The number of hydrogen-bond donors (Lipinski definition) is 2. The Hall–Kier alpha value is -1.92. The Morgan fingerprint density at radius 2 is 1.13 bits per heavy atom. The summed E-state index contributed by atoms with van der Waals surface area (Å²) in [6, 6.07) is 13.8. The van der Waals surface area contributed by atoms with Crippen molar-refractivity contribution in [1.29, 1.82) is 0 Å². The van der Waals surface area contributed by atoms with E-state index in [4.69, 9.17) is 11.5 Å². The van der Waals surface area contributed by atoms with Gasteiger partial charge in [0, 0.05) is 0 Å². The first kappa shape index (κ1) is 24.3. The topological polar surface area (TPSA) is 120 Å². The number of rotatable bonds is 11. The molecule has 0 bridgehead atoms. The van der Waals surface area contributed by atoms with Crippen LogP contribution in [0, 0.1) is 0 Å². The Bertz CT molecular complexity index is 902. The van der Waals surface area contributed by atoms with Gasteiger partial charge in [-0.05, 0) is 0 Å². The second-order valence-corrected chi connectivity index (χ2v) is 11.1. The summed E-state index contributed by atoms with van der Waals surface area (Å²) in [7, 11) is 0. The monoisotopic (exact) mass is 540 g/mol. The number of benzene rings is 2. The summed E-state index contributed by atoms with van der Waals surface area (Å²) >= 11 is -0.502. The zero-order valence-electron chi connectivity index (χ0n) is 16.8. The van der Waals surface area contributed by atoms with Gasteiger partial charge in [0.1, 0.15) is 0 Å². The van der Waals surface area contributed by atoms with Crippen molar-refractivity contribution in [2.45, 2.75) is 30.0 Å². The summed E-state index contributed by atoms with van der Waals surface area (Å²) in [5.74, 6) is -1.03. The molecule has 2 aromatic carbocycles. The van der Waals surface area contributed by atoms with Gasteiger partial charge in [-0.3, -0.25) is 0 Å². The molecule has 0 atom stereocenters. The number of carbonyl (C=O) groups is 4. The van der Waals surface area contributed by atoms with Gasteiger partial charge in [0.05, 0.1) is 0 Å². The van der Waals surface area contributed by atoms with Crippen LogP contribution in [0.3, 0.4) is 0 Å². The van der Waals surface area contributed by atoms with Crippen LogP contribution in [-0.4, -0.2) is 65.1 Å². The maximum absolute atomic E-state index is 13.4. The molecule has 0 fully saturated rings. The molecular formula is C22H24N2O4Se2. The fourth-order valence-electron chi connectivity index (χ4n) is 2.69. The summed E-state index contributed by atoms with van der Waals surface area (Å²) in [6.45, 7) is 2.65. The summed E-state index contributed by atoms with van der Waals surface area (Å²) in [4.78, 5) is 49.6. The van der Waals surface area contributed by atoms with Gasteiger partial charge in [0.15, 0.2) is 0 Å². The van der Waals surface area contributed by atoms with E-state index in [-0.39, 0.29) is 48.0 Å². The third kappa shape index (κ3) is 5.82. The van der Waals surface area contributed by atoms with E-state index in [1.54, 1.807) is 48.5 Å². The van der Waals surface area contributed by atoms with Crippen LogP contribution in [0.25, 0.3) is 0 Å². The van der Waals surface area contributed by atoms with Crippen LogP contribution in [0.2, 0.25) is 10.6 Å². The number of nitrogens with two attached hydrogens (primary N) is 2. The summed E-state index contributed by atoms with van der Waals surface area (Å²) in [5.41, 5.74) is 10.9. The Morgan fingerprint density at radius 3 is 1.47 bits per heavy atom. The molecule has 0 spiro atoms. The van der Waals surface area contributed by atoms with Gasteiger partial charge < -0.3 is 0 Å². The van der Waals surface area contributed by atoms with Gasteiger partial charge in [-0.15, -0.1) is 0 Å². The predicted molar refractivity (Wildman–Crippen MR) is 119 cm³/mol. The van der Waals surface area contributed by atoms with Crippen molar-refractivity contribution in [3.8, 4) is 0 Å². The van der Waals surface area contributed by atoms with Crippen molar-refractivity contribution in [1.82, 2.24) is 0 Å². The van der Waals surface area contributed by atoms with Crippen molar-refractivity contribution in [3.05, 3.63) is 59.7 Å². The molecule has 0 unspecified atom stereocenters. The molecule has 2 aromatic rings. The molecule has 8 heteroatoms. The van der Waals surface area contributed by atoms with E-state index in [2.05, 4.69) is 0 Å². The second kappa shape index (κ2) is 10.9. The van der Waals surface area contributed by atoms with E-state index < -0.39 is 17.1 Å². The number of carbonyl (C=O) groups excluding carboxylic acids is 4. The van der Waals surface area contributed by atoms with Crippen LogP contribution < -0.4 is 20.4 Å². The first-order chi connectivity index (χ1) is 14.2. The van der Waals surface area contributed by atoms with E-state index in [1.165, 1.54) is 13.8 Å². The van der Waals surface area contributed by atoms with E-state index in [1.807, 2.05) is 0 Å². The summed E-state index contributed by atoms with van der Waals surface area (Å²) < 4.78 is 1.44. The molecular weight excluding hydrogens is 514 g/mol. The first-order valence-electron chi connectivity index (χ1n) is 9.21. The predicted octanol–water partition coefficient (Wildman–Crippen LogP) is 0.0820. The van der Waals surface area contributed by atoms with Crippen LogP contribution in [0.1, 0.15) is 34.6 Å². The Morgan fingerprint density at radius 1 is 0.767 bits per heavy atom. The van der Waals surface area contributed by atoms with Crippen molar-refractivity contribution >= 4 is 62.0 Å². The molecule has 0 radical (unpaired) electrons. The molecule has 0 saturated carbocycles. The van der Waals surface area contributed by atoms with Crippen molar-refractivity contribution in [2.24, 2.45) is 11.5 Å². The van der Waals surface area contributed by atoms with E-state index in [0.717, 1.165) is 8.92 Å². The molecule has 158 valence electrons. The SMILES string of the molecule is CC(=O)C[Se]c1ccccc1C(=O)C(N)(CN)C(=O)c1ccccc1[Se]CC(C)=O. The fraction of sp³-hybridized carbons (Fsp3) is 0.273. The van der Waals surface area contributed by atoms with Crippen LogP contribution >= 0.6 is 0 Å². The number of Topliss-reactive ketones (excluding diaryl/α,β-unsaturated/α-hetero) is 4. The van der Waals surface area contributed by atoms with Gasteiger partial charge in [-0.1, -0.05) is 0 Å². The molecule has 0 aromatic heterocycles. The molecule has 0 saturated heterocycles. The zero-order valence-corrected chi connectivity index (χ0v) is 20.3. The quantitative estimate of drug-likeness (QED) is 0.238. The molecule has 0 heterocycles. The third-order valence-electron chi connectivity index (χ3n) is 4.26. The molecule has 2 rings (SSSR count). The average Bonchev–Trinajstić information content (AvgIpc) is 2.75. The van der Waals surface area contributed by atoms with Gasteiger partial charge >= 0.3 is 189 Å².